The molecule has 1 aromatic rings. The highest BCUT2D eigenvalue weighted by molar-refractivity contribution is 9.10. The zero-order chi connectivity index (χ0) is 10.8. The molecule has 0 radical (unpaired) electrons. The van der Waals surface area contributed by atoms with Crippen LogP contribution in [0.5, 0.6) is 0 Å². The number of ether oxygens (including phenoxy) is 2. The normalized spacial score (nSPS) is 15.8. The summed E-state index contributed by atoms with van der Waals surface area (Å²) in [4.78, 5) is 11.6. The lowest BCUT2D eigenvalue weighted by Gasteiger charge is -2.25. The molecular weight excluding hydrogens is 262 g/mol. The third-order valence-corrected chi connectivity index (χ3v) is 2.85. The van der Waals surface area contributed by atoms with E-state index in [0.29, 0.717) is 28.9 Å². The van der Waals surface area contributed by atoms with Crippen LogP contribution in [0.15, 0.2) is 22.7 Å². The molecule has 80 valence electrons. The summed E-state index contributed by atoms with van der Waals surface area (Å²) < 4.78 is 10.7. The molecule has 0 saturated carbocycles. The molecule has 1 heterocycles. The highest BCUT2D eigenvalue weighted by Gasteiger charge is 2.24. The summed E-state index contributed by atoms with van der Waals surface area (Å²) >= 11 is 3.25. The maximum Gasteiger partial charge on any atom is 0.340 e. The van der Waals surface area contributed by atoms with Gasteiger partial charge in [0, 0.05) is 4.47 Å². The summed E-state index contributed by atoms with van der Waals surface area (Å²) in [5.74, 6) is -0.401. The topological polar surface area (TPSA) is 61.6 Å². The summed E-state index contributed by atoms with van der Waals surface area (Å²) in [5.41, 5.74) is 6.53. The van der Waals surface area contributed by atoms with Gasteiger partial charge in [0.25, 0.3) is 0 Å². The molecule has 1 saturated heterocycles. The molecule has 5 heteroatoms. The molecule has 0 bridgehead atoms. The Morgan fingerprint density at radius 1 is 1.53 bits per heavy atom. The minimum absolute atomic E-state index is 0.129. The van der Waals surface area contributed by atoms with Crippen LogP contribution >= 0.6 is 15.9 Å². The van der Waals surface area contributed by atoms with Crippen LogP contribution in [-0.4, -0.2) is 25.3 Å². The van der Waals surface area contributed by atoms with Crippen LogP contribution in [0.2, 0.25) is 0 Å². The standard InChI is InChI=1S/C10H10BrNO3/c11-8-3-1-2-7(9(8)12)10(13)15-6-4-14-5-6/h1-3,6H,4-5,12H2. The van der Waals surface area contributed by atoms with Crippen molar-refractivity contribution in [2.24, 2.45) is 0 Å². The Labute approximate surface area is 95.5 Å². The van der Waals surface area contributed by atoms with Crippen LogP contribution in [-0.2, 0) is 9.47 Å². The molecule has 0 amide bonds. The number of carbonyl (C=O) groups excluding carboxylic acids is 1. The van der Waals surface area contributed by atoms with Crippen LogP contribution in [0, 0.1) is 0 Å². The Kier molecular flexibility index (Phi) is 2.93. The lowest BCUT2D eigenvalue weighted by Crippen LogP contribution is -2.37. The van der Waals surface area contributed by atoms with Gasteiger partial charge in [0.15, 0.2) is 0 Å². The number of para-hydroxylation sites is 1. The maximum absolute atomic E-state index is 11.6. The molecule has 0 unspecified atom stereocenters. The van der Waals surface area contributed by atoms with Gasteiger partial charge in [0.2, 0.25) is 0 Å². The molecule has 0 aliphatic carbocycles. The van der Waals surface area contributed by atoms with Crippen molar-refractivity contribution in [2.45, 2.75) is 6.10 Å². The molecule has 1 aliphatic heterocycles. The molecule has 0 aromatic heterocycles. The van der Waals surface area contributed by atoms with Crippen LogP contribution < -0.4 is 5.73 Å². The highest BCUT2D eigenvalue weighted by Crippen LogP contribution is 2.24. The van der Waals surface area contributed by atoms with Crippen molar-refractivity contribution in [1.29, 1.82) is 0 Å². The van der Waals surface area contributed by atoms with Crippen molar-refractivity contribution >= 4 is 27.6 Å². The zero-order valence-corrected chi connectivity index (χ0v) is 9.49. The van der Waals surface area contributed by atoms with Gasteiger partial charge in [0.1, 0.15) is 6.10 Å². The quantitative estimate of drug-likeness (QED) is 0.656. The lowest BCUT2D eigenvalue weighted by molar-refractivity contribution is -0.103. The molecule has 2 rings (SSSR count). The monoisotopic (exact) mass is 271 g/mol. The van der Waals surface area contributed by atoms with E-state index in [4.69, 9.17) is 15.2 Å². The van der Waals surface area contributed by atoms with E-state index in [1.807, 2.05) is 0 Å². The van der Waals surface area contributed by atoms with Gasteiger partial charge in [-0.3, -0.25) is 0 Å². The summed E-state index contributed by atoms with van der Waals surface area (Å²) in [6.45, 7) is 0.944. The molecule has 2 N–H and O–H groups in total. The first-order chi connectivity index (χ1) is 7.18. The van der Waals surface area contributed by atoms with E-state index in [-0.39, 0.29) is 6.10 Å². The number of nitrogen functional groups attached to an aromatic ring is 1. The molecule has 1 aliphatic rings. The number of anilines is 1. The van der Waals surface area contributed by atoms with Crippen LogP contribution in [0.25, 0.3) is 0 Å². The molecule has 4 nitrogen and oxygen atoms in total. The van der Waals surface area contributed by atoms with Gasteiger partial charge in [-0.2, -0.15) is 0 Å². The van der Waals surface area contributed by atoms with Gasteiger partial charge in [0.05, 0.1) is 24.5 Å². The van der Waals surface area contributed by atoms with E-state index in [9.17, 15) is 4.79 Å². The SMILES string of the molecule is Nc1c(Br)cccc1C(=O)OC1COC1. The second-order valence-electron chi connectivity index (χ2n) is 3.27. The molecule has 1 aromatic carbocycles. The van der Waals surface area contributed by atoms with Gasteiger partial charge in [-0.15, -0.1) is 0 Å². The first-order valence-electron chi connectivity index (χ1n) is 4.51. The predicted octanol–water partition coefficient (Wildman–Crippen LogP) is 1.59. The van der Waals surface area contributed by atoms with E-state index in [0.717, 1.165) is 0 Å². The summed E-state index contributed by atoms with van der Waals surface area (Å²) in [7, 11) is 0. The Morgan fingerprint density at radius 2 is 2.27 bits per heavy atom. The molecule has 0 spiro atoms. The van der Waals surface area contributed by atoms with E-state index >= 15 is 0 Å². The highest BCUT2D eigenvalue weighted by atomic mass is 79.9. The van der Waals surface area contributed by atoms with E-state index < -0.39 is 5.97 Å². The summed E-state index contributed by atoms with van der Waals surface area (Å²) in [6.07, 6.45) is -0.129. The van der Waals surface area contributed by atoms with Crippen molar-refractivity contribution in [1.82, 2.24) is 0 Å². The zero-order valence-electron chi connectivity index (χ0n) is 7.90. The Bertz CT molecular complexity index is 390. The number of hydrogen-bond acceptors (Lipinski definition) is 4. The fraction of sp³-hybridized carbons (Fsp3) is 0.300. The molecule has 15 heavy (non-hydrogen) atoms. The summed E-state index contributed by atoms with van der Waals surface area (Å²) in [6, 6.07) is 5.16. The third-order valence-electron chi connectivity index (χ3n) is 2.15. The number of rotatable bonds is 2. The average Bonchev–Trinajstić information content (AvgIpc) is 2.15. The minimum atomic E-state index is -0.401. The Morgan fingerprint density at radius 3 is 2.87 bits per heavy atom. The van der Waals surface area contributed by atoms with Crippen molar-refractivity contribution in [3.05, 3.63) is 28.2 Å². The molecular formula is C10H10BrNO3. The first kappa shape index (κ1) is 10.4. The number of carbonyl (C=O) groups is 1. The van der Waals surface area contributed by atoms with Gasteiger partial charge in [-0.1, -0.05) is 6.07 Å². The number of hydrogen-bond donors (Lipinski definition) is 1. The van der Waals surface area contributed by atoms with Crippen molar-refractivity contribution in [3.63, 3.8) is 0 Å². The fourth-order valence-corrected chi connectivity index (χ4v) is 1.58. The minimum Gasteiger partial charge on any atom is -0.454 e. The molecule has 1 fully saturated rings. The second kappa shape index (κ2) is 4.20. The van der Waals surface area contributed by atoms with Crippen molar-refractivity contribution < 1.29 is 14.3 Å². The number of halogens is 1. The molecule has 0 atom stereocenters. The number of benzene rings is 1. The van der Waals surface area contributed by atoms with E-state index in [1.165, 1.54) is 0 Å². The first-order valence-corrected chi connectivity index (χ1v) is 5.30. The summed E-state index contributed by atoms with van der Waals surface area (Å²) in [5, 5.41) is 0. The third kappa shape index (κ3) is 2.13. The van der Waals surface area contributed by atoms with Gasteiger partial charge in [-0.05, 0) is 28.1 Å². The van der Waals surface area contributed by atoms with Gasteiger partial charge in [-0.25, -0.2) is 4.79 Å². The van der Waals surface area contributed by atoms with Crippen molar-refractivity contribution in [2.75, 3.05) is 18.9 Å². The second-order valence-corrected chi connectivity index (χ2v) is 4.12. The van der Waals surface area contributed by atoms with Crippen LogP contribution in [0.1, 0.15) is 10.4 Å². The van der Waals surface area contributed by atoms with Crippen molar-refractivity contribution in [3.8, 4) is 0 Å². The van der Waals surface area contributed by atoms with Gasteiger partial charge >= 0.3 is 5.97 Å². The van der Waals surface area contributed by atoms with E-state index in [1.54, 1.807) is 18.2 Å². The lowest BCUT2D eigenvalue weighted by atomic mass is 10.2. The Balaban J connectivity index is 2.13. The maximum atomic E-state index is 11.6. The van der Waals surface area contributed by atoms with Crippen LogP contribution in [0.4, 0.5) is 5.69 Å². The number of nitrogens with two attached hydrogens (primary N) is 1. The fourth-order valence-electron chi connectivity index (χ4n) is 1.21. The average molecular weight is 272 g/mol. The van der Waals surface area contributed by atoms with Gasteiger partial charge < -0.3 is 15.2 Å². The van der Waals surface area contributed by atoms with E-state index in [2.05, 4.69) is 15.9 Å². The Hall–Kier alpha value is -1.07. The smallest absolute Gasteiger partial charge is 0.340 e. The van der Waals surface area contributed by atoms with Crippen LogP contribution in [0.3, 0.4) is 0 Å². The largest absolute Gasteiger partial charge is 0.454 e. The predicted molar refractivity (Wildman–Crippen MR) is 58.6 cm³/mol. The number of esters is 1.